The molecule has 0 bridgehead atoms. The smallest absolute Gasteiger partial charge is 0.125 e. The van der Waals surface area contributed by atoms with Crippen LogP contribution in [0.4, 0.5) is 0 Å². The summed E-state index contributed by atoms with van der Waals surface area (Å²) in [5, 5.41) is 10.7. The van der Waals surface area contributed by atoms with Gasteiger partial charge in [-0.05, 0) is 36.6 Å². The molecule has 1 N–H and O–H groups in total. The molecule has 2 aromatic carbocycles. The number of hydrogen-bond acceptors (Lipinski definition) is 2. The van der Waals surface area contributed by atoms with Gasteiger partial charge in [-0.25, -0.2) is 0 Å². The van der Waals surface area contributed by atoms with Crippen LogP contribution >= 0.6 is 0 Å². The first kappa shape index (κ1) is 14.6. The van der Waals surface area contributed by atoms with E-state index in [2.05, 4.69) is 6.07 Å². The number of hydrogen-bond donors (Lipinski definition) is 1. The molecule has 106 valence electrons. The molecule has 0 saturated carbocycles. The molecule has 0 radical (unpaired) electrons. The van der Waals surface area contributed by atoms with Gasteiger partial charge in [0, 0.05) is 11.5 Å². The van der Waals surface area contributed by atoms with Crippen LogP contribution in [0.1, 0.15) is 41.2 Å². The molecule has 2 heteroatoms. The SMILES string of the molecule is COc1cc(C)cc(C)c1C(O)C(C)c1ccccc1. The van der Waals surface area contributed by atoms with Crippen molar-refractivity contribution in [1.82, 2.24) is 0 Å². The molecule has 2 atom stereocenters. The van der Waals surface area contributed by atoms with E-state index in [0.29, 0.717) is 0 Å². The van der Waals surface area contributed by atoms with Crippen molar-refractivity contribution in [2.45, 2.75) is 32.8 Å². The Labute approximate surface area is 121 Å². The molecular weight excluding hydrogens is 248 g/mol. The van der Waals surface area contributed by atoms with E-state index < -0.39 is 6.10 Å². The first-order chi connectivity index (χ1) is 9.54. The maximum Gasteiger partial charge on any atom is 0.125 e. The standard InChI is InChI=1S/C18H22O2/c1-12-10-13(2)17(16(11-12)20-4)18(19)14(3)15-8-6-5-7-9-15/h5-11,14,18-19H,1-4H3. The van der Waals surface area contributed by atoms with Crippen molar-refractivity contribution < 1.29 is 9.84 Å². The molecular formula is C18H22O2. The van der Waals surface area contributed by atoms with Gasteiger partial charge in [-0.2, -0.15) is 0 Å². The molecule has 2 nitrogen and oxygen atoms in total. The van der Waals surface area contributed by atoms with Gasteiger partial charge in [0.25, 0.3) is 0 Å². The van der Waals surface area contributed by atoms with Gasteiger partial charge >= 0.3 is 0 Å². The number of methoxy groups -OCH3 is 1. The number of ether oxygens (including phenoxy) is 1. The Morgan fingerprint density at radius 2 is 1.70 bits per heavy atom. The van der Waals surface area contributed by atoms with Crippen molar-refractivity contribution in [2.75, 3.05) is 7.11 Å². The van der Waals surface area contributed by atoms with Crippen molar-refractivity contribution in [3.05, 3.63) is 64.7 Å². The summed E-state index contributed by atoms with van der Waals surface area (Å²) in [7, 11) is 1.65. The van der Waals surface area contributed by atoms with E-state index >= 15 is 0 Å². The topological polar surface area (TPSA) is 29.5 Å². The second-order valence-corrected chi connectivity index (χ2v) is 5.34. The molecule has 0 aliphatic carbocycles. The van der Waals surface area contributed by atoms with E-state index in [0.717, 1.165) is 28.0 Å². The van der Waals surface area contributed by atoms with Crippen LogP contribution in [-0.2, 0) is 0 Å². The number of benzene rings is 2. The van der Waals surface area contributed by atoms with Gasteiger partial charge in [-0.3, -0.25) is 0 Å². The lowest BCUT2D eigenvalue weighted by atomic mass is 9.88. The average molecular weight is 270 g/mol. The summed E-state index contributed by atoms with van der Waals surface area (Å²) in [5.74, 6) is 0.782. The fraction of sp³-hybridized carbons (Fsp3) is 0.333. The monoisotopic (exact) mass is 270 g/mol. The molecule has 0 amide bonds. The zero-order chi connectivity index (χ0) is 14.7. The Hall–Kier alpha value is -1.80. The summed E-state index contributed by atoms with van der Waals surface area (Å²) in [6.07, 6.45) is -0.576. The lowest BCUT2D eigenvalue weighted by Gasteiger charge is -2.24. The average Bonchev–Trinajstić information content (AvgIpc) is 2.46. The van der Waals surface area contributed by atoms with Gasteiger partial charge in [0.05, 0.1) is 13.2 Å². The van der Waals surface area contributed by atoms with E-state index in [1.807, 2.05) is 57.2 Å². The Morgan fingerprint density at radius 1 is 1.05 bits per heavy atom. The summed E-state index contributed by atoms with van der Waals surface area (Å²) in [6.45, 7) is 6.09. The Balaban J connectivity index is 2.41. The van der Waals surface area contributed by atoms with Crippen LogP contribution in [0, 0.1) is 13.8 Å². The molecule has 0 fully saturated rings. The summed E-state index contributed by atoms with van der Waals surface area (Å²) < 4.78 is 5.45. The van der Waals surface area contributed by atoms with Crippen LogP contribution in [-0.4, -0.2) is 12.2 Å². The summed E-state index contributed by atoms with van der Waals surface area (Å²) in [4.78, 5) is 0. The Morgan fingerprint density at radius 3 is 2.30 bits per heavy atom. The highest BCUT2D eigenvalue weighted by molar-refractivity contribution is 5.45. The highest BCUT2D eigenvalue weighted by Gasteiger charge is 2.23. The van der Waals surface area contributed by atoms with Crippen LogP contribution in [0.3, 0.4) is 0 Å². The lowest BCUT2D eigenvalue weighted by molar-refractivity contribution is 0.147. The van der Waals surface area contributed by atoms with E-state index in [4.69, 9.17) is 4.74 Å². The zero-order valence-corrected chi connectivity index (χ0v) is 12.6. The van der Waals surface area contributed by atoms with Crippen molar-refractivity contribution in [3.8, 4) is 5.75 Å². The molecule has 2 aromatic rings. The normalized spacial score (nSPS) is 13.8. The fourth-order valence-corrected chi connectivity index (χ4v) is 2.68. The minimum atomic E-state index is -0.576. The van der Waals surface area contributed by atoms with Crippen molar-refractivity contribution in [2.24, 2.45) is 0 Å². The lowest BCUT2D eigenvalue weighted by Crippen LogP contribution is -2.11. The number of rotatable bonds is 4. The quantitative estimate of drug-likeness (QED) is 0.904. The third-order valence-corrected chi connectivity index (χ3v) is 3.81. The Bertz CT molecular complexity index is 575. The van der Waals surface area contributed by atoms with Crippen LogP contribution < -0.4 is 4.74 Å². The molecule has 0 spiro atoms. The molecule has 2 rings (SSSR count). The molecule has 0 aliphatic rings. The molecule has 2 unspecified atom stereocenters. The van der Waals surface area contributed by atoms with Gasteiger partial charge in [-0.1, -0.05) is 43.3 Å². The number of aryl methyl sites for hydroxylation is 2. The summed E-state index contributed by atoms with van der Waals surface area (Å²) >= 11 is 0. The molecule has 0 heterocycles. The maximum atomic E-state index is 10.7. The van der Waals surface area contributed by atoms with E-state index in [9.17, 15) is 5.11 Å². The van der Waals surface area contributed by atoms with Crippen LogP contribution in [0.5, 0.6) is 5.75 Å². The first-order valence-corrected chi connectivity index (χ1v) is 6.92. The van der Waals surface area contributed by atoms with Gasteiger partial charge < -0.3 is 9.84 Å². The molecule has 0 saturated heterocycles. The fourth-order valence-electron chi connectivity index (χ4n) is 2.68. The van der Waals surface area contributed by atoms with E-state index in [1.54, 1.807) is 7.11 Å². The first-order valence-electron chi connectivity index (χ1n) is 6.92. The van der Waals surface area contributed by atoms with Gasteiger partial charge in [0.1, 0.15) is 5.75 Å². The van der Waals surface area contributed by atoms with Crippen molar-refractivity contribution in [3.63, 3.8) is 0 Å². The summed E-state index contributed by atoms with van der Waals surface area (Å²) in [6, 6.07) is 14.1. The number of aliphatic hydroxyl groups is 1. The van der Waals surface area contributed by atoms with Gasteiger partial charge in [0.15, 0.2) is 0 Å². The highest BCUT2D eigenvalue weighted by atomic mass is 16.5. The second kappa shape index (κ2) is 6.10. The molecule has 20 heavy (non-hydrogen) atoms. The number of aliphatic hydroxyl groups excluding tert-OH is 1. The van der Waals surface area contributed by atoms with Crippen LogP contribution in [0.15, 0.2) is 42.5 Å². The maximum absolute atomic E-state index is 10.7. The predicted molar refractivity (Wildman–Crippen MR) is 82.3 cm³/mol. The predicted octanol–water partition coefficient (Wildman–Crippen LogP) is 4.15. The molecule has 0 aliphatic heterocycles. The van der Waals surface area contributed by atoms with Crippen LogP contribution in [0.2, 0.25) is 0 Å². The Kier molecular flexibility index (Phi) is 4.46. The highest BCUT2D eigenvalue weighted by Crippen LogP contribution is 2.37. The largest absolute Gasteiger partial charge is 0.496 e. The van der Waals surface area contributed by atoms with E-state index in [-0.39, 0.29) is 5.92 Å². The third kappa shape index (κ3) is 2.86. The summed E-state index contributed by atoms with van der Waals surface area (Å²) in [5.41, 5.74) is 4.22. The zero-order valence-electron chi connectivity index (χ0n) is 12.6. The van der Waals surface area contributed by atoms with Gasteiger partial charge in [0.2, 0.25) is 0 Å². The minimum Gasteiger partial charge on any atom is -0.496 e. The van der Waals surface area contributed by atoms with Crippen LogP contribution in [0.25, 0.3) is 0 Å². The van der Waals surface area contributed by atoms with E-state index in [1.165, 1.54) is 0 Å². The molecule has 0 aromatic heterocycles. The van der Waals surface area contributed by atoms with Crippen molar-refractivity contribution >= 4 is 0 Å². The van der Waals surface area contributed by atoms with Crippen molar-refractivity contribution in [1.29, 1.82) is 0 Å². The third-order valence-electron chi connectivity index (χ3n) is 3.81. The minimum absolute atomic E-state index is 0.0199. The second-order valence-electron chi connectivity index (χ2n) is 5.34. The van der Waals surface area contributed by atoms with Gasteiger partial charge in [-0.15, -0.1) is 0 Å².